The number of benzene rings is 3. The number of nitrogens with one attached hydrogen (secondary N) is 2. The predicted molar refractivity (Wildman–Crippen MR) is 158 cm³/mol. The van der Waals surface area contributed by atoms with Gasteiger partial charge in [-0.25, -0.2) is 9.78 Å². The second-order valence-electron chi connectivity index (χ2n) is 10.6. The normalized spacial score (nSPS) is 15.0. The zero-order valence-corrected chi connectivity index (χ0v) is 23.4. The van der Waals surface area contributed by atoms with Crippen molar-refractivity contribution in [3.8, 4) is 5.75 Å². The summed E-state index contributed by atoms with van der Waals surface area (Å²) in [5.41, 5.74) is 3.03. The highest BCUT2D eigenvalue weighted by molar-refractivity contribution is 7.92. The molecule has 1 saturated carbocycles. The van der Waals surface area contributed by atoms with E-state index >= 15 is 0 Å². The molecule has 2 atom stereocenters. The number of fused-ring (bicyclic) bond motifs is 1. The van der Waals surface area contributed by atoms with Crippen molar-refractivity contribution in [1.82, 2.24) is 9.97 Å². The number of aromatic amines is 1. The van der Waals surface area contributed by atoms with Gasteiger partial charge >= 0.3 is 5.63 Å². The van der Waals surface area contributed by atoms with Gasteiger partial charge in [0.25, 0.3) is 10.0 Å². The smallest absolute Gasteiger partial charge is 0.343 e. The summed E-state index contributed by atoms with van der Waals surface area (Å²) in [4.78, 5) is 20.4. The first-order chi connectivity index (χ1) is 19.8. The number of rotatable bonds is 10. The Morgan fingerprint density at radius 3 is 2.44 bits per heavy atom. The van der Waals surface area contributed by atoms with E-state index in [9.17, 15) is 18.3 Å². The highest BCUT2D eigenvalue weighted by Gasteiger charge is 2.37. The summed E-state index contributed by atoms with van der Waals surface area (Å²) in [6.45, 7) is 2.09. The minimum Gasteiger partial charge on any atom is -0.507 e. The molecule has 1 fully saturated rings. The number of nitrogens with zero attached hydrogens (tertiary/aromatic N) is 1. The summed E-state index contributed by atoms with van der Waals surface area (Å²) in [5.74, 6) is 0.218. The molecule has 0 radical (unpaired) electrons. The van der Waals surface area contributed by atoms with Gasteiger partial charge in [-0.05, 0) is 66.5 Å². The Kier molecular flexibility index (Phi) is 7.13. The van der Waals surface area contributed by atoms with Crippen molar-refractivity contribution in [3.05, 3.63) is 118 Å². The molecule has 8 nitrogen and oxygen atoms in total. The van der Waals surface area contributed by atoms with Crippen LogP contribution in [0.25, 0.3) is 11.0 Å². The van der Waals surface area contributed by atoms with Gasteiger partial charge in [-0.15, -0.1) is 0 Å². The third-order valence-corrected chi connectivity index (χ3v) is 8.96. The van der Waals surface area contributed by atoms with Crippen molar-refractivity contribution in [2.45, 2.75) is 49.6 Å². The van der Waals surface area contributed by atoms with Crippen LogP contribution in [0.15, 0.2) is 99.3 Å². The lowest BCUT2D eigenvalue weighted by Gasteiger charge is -2.20. The molecule has 0 amide bonds. The summed E-state index contributed by atoms with van der Waals surface area (Å²) in [6.07, 6.45) is 3.15. The third-order valence-electron chi connectivity index (χ3n) is 7.75. The molecule has 2 heterocycles. The summed E-state index contributed by atoms with van der Waals surface area (Å²) in [5, 5.41) is 10.9. The summed E-state index contributed by atoms with van der Waals surface area (Å²) in [6, 6.07) is 25.6. The average Bonchev–Trinajstić information content (AvgIpc) is 3.70. The van der Waals surface area contributed by atoms with Crippen LogP contribution in [0.3, 0.4) is 0 Å². The maximum Gasteiger partial charge on any atom is 0.343 e. The number of sulfonamides is 1. The SMILES string of the molecule is CCC(Cc1cc(O)c(C(c2cccc(NS(=O)(=O)c3nc4ccccc4[nH]3)c2)C2CC2)c(=O)o1)c1ccccc1. The van der Waals surface area contributed by atoms with Crippen LogP contribution in [-0.2, 0) is 16.4 Å². The fourth-order valence-electron chi connectivity index (χ4n) is 5.55. The number of aromatic nitrogens is 2. The van der Waals surface area contributed by atoms with Crippen LogP contribution >= 0.6 is 0 Å². The van der Waals surface area contributed by atoms with Gasteiger partial charge in [-0.2, -0.15) is 8.42 Å². The maximum absolute atomic E-state index is 13.3. The molecule has 3 N–H and O–H groups in total. The first-order valence-electron chi connectivity index (χ1n) is 13.8. The van der Waals surface area contributed by atoms with Crippen LogP contribution in [-0.4, -0.2) is 23.5 Å². The highest BCUT2D eigenvalue weighted by Crippen LogP contribution is 2.48. The molecular weight excluding hydrogens is 538 g/mol. The van der Waals surface area contributed by atoms with Gasteiger partial charge in [0.15, 0.2) is 0 Å². The van der Waals surface area contributed by atoms with E-state index in [0.717, 1.165) is 30.4 Å². The second kappa shape index (κ2) is 10.9. The Morgan fingerprint density at radius 2 is 1.73 bits per heavy atom. The number of aromatic hydroxyl groups is 1. The number of hydrogen-bond donors (Lipinski definition) is 3. The lowest BCUT2D eigenvalue weighted by molar-refractivity contribution is 0.395. The second-order valence-corrected chi connectivity index (χ2v) is 12.2. The number of H-pyrrole nitrogens is 1. The molecule has 2 aromatic heterocycles. The standard InChI is InChI=1S/C32H31N3O5S/c1-2-20(21-9-4-3-5-10-21)18-25-19-28(36)30(31(37)40-25)29(22-15-16-22)23-11-8-12-24(17-23)35-41(38,39)32-33-26-13-6-7-14-27(26)34-32/h3-14,17,19-20,22,29,35-36H,2,15-16,18H2,1H3,(H,33,34). The van der Waals surface area contributed by atoms with Gasteiger partial charge in [0, 0.05) is 24.1 Å². The summed E-state index contributed by atoms with van der Waals surface area (Å²) >= 11 is 0. The first kappa shape index (κ1) is 26.8. The fraction of sp³-hybridized carbons (Fsp3) is 0.250. The van der Waals surface area contributed by atoms with Gasteiger partial charge in [0.05, 0.1) is 16.6 Å². The van der Waals surface area contributed by atoms with Gasteiger partial charge < -0.3 is 14.5 Å². The molecule has 9 heteroatoms. The Hall–Kier alpha value is -4.37. The molecule has 1 aliphatic carbocycles. The number of hydrogen-bond acceptors (Lipinski definition) is 6. The molecule has 5 aromatic rings. The van der Waals surface area contributed by atoms with Crippen LogP contribution in [0.4, 0.5) is 5.69 Å². The molecule has 6 rings (SSSR count). The van der Waals surface area contributed by atoms with Crippen molar-refractivity contribution in [1.29, 1.82) is 0 Å². The van der Waals surface area contributed by atoms with E-state index in [2.05, 4.69) is 33.7 Å². The van der Waals surface area contributed by atoms with Crippen molar-refractivity contribution >= 4 is 26.7 Å². The molecular formula is C32H31N3O5S. The Bertz CT molecular complexity index is 1830. The lowest BCUT2D eigenvalue weighted by Crippen LogP contribution is -2.18. The molecule has 3 aromatic carbocycles. The molecule has 41 heavy (non-hydrogen) atoms. The first-order valence-corrected chi connectivity index (χ1v) is 15.3. The fourth-order valence-corrected chi connectivity index (χ4v) is 6.55. The van der Waals surface area contributed by atoms with Crippen molar-refractivity contribution in [3.63, 3.8) is 0 Å². The van der Waals surface area contributed by atoms with Crippen LogP contribution in [0.2, 0.25) is 0 Å². The van der Waals surface area contributed by atoms with Crippen molar-refractivity contribution in [2.75, 3.05) is 4.72 Å². The van der Waals surface area contributed by atoms with E-state index in [4.69, 9.17) is 4.42 Å². The predicted octanol–water partition coefficient (Wildman–Crippen LogP) is 6.30. The molecule has 0 aliphatic heterocycles. The summed E-state index contributed by atoms with van der Waals surface area (Å²) in [7, 11) is -3.99. The number of para-hydroxylation sites is 2. The minimum absolute atomic E-state index is 0.0932. The molecule has 2 unspecified atom stereocenters. The maximum atomic E-state index is 13.3. The number of imidazole rings is 1. The van der Waals surface area contributed by atoms with Crippen LogP contribution < -0.4 is 10.3 Å². The van der Waals surface area contributed by atoms with E-state index in [1.165, 1.54) is 0 Å². The van der Waals surface area contributed by atoms with E-state index in [-0.39, 0.29) is 28.3 Å². The van der Waals surface area contributed by atoms with Crippen molar-refractivity contribution < 1.29 is 17.9 Å². The van der Waals surface area contributed by atoms with Crippen molar-refractivity contribution in [2.24, 2.45) is 5.92 Å². The molecule has 0 saturated heterocycles. The van der Waals surface area contributed by atoms with Crippen LogP contribution in [0.5, 0.6) is 5.75 Å². The van der Waals surface area contributed by atoms with E-state index in [0.29, 0.717) is 28.9 Å². The van der Waals surface area contributed by atoms with Crippen LogP contribution in [0, 0.1) is 5.92 Å². The lowest BCUT2D eigenvalue weighted by atomic mass is 9.86. The highest BCUT2D eigenvalue weighted by atomic mass is 32.2. The van der Waals surface area contributed by atoms with Gasteiger partial charge in [0.2, 0.25) is 5.16 Å². The molecule has 0 bridgehead atoms. The summed E-state index contributed by atoms with van der Waals surface area (Å²) < 4.78 is 34.6. The largest absolute Gasteiger partial charge is 0.507 e. The van der Waals surface area contributed by atoms with Gasteiger partial charge in [-0.3, -0.25) is 4.72 Å². The zero-order valence-electron chi connectivity index (χ0n) is 22.6. The molecule has 210 valence electrons. The quantitative estimate of drug-likeness (QED) is 0.181. The van der Waals surface area contributed by atoms with E-state index < -0.39 is 21.6 Å². The Morgan fingerprint density at radius 1 is 1.00 bits per heavy atom. The van der Waals surface area contributed by atoms with E-state index in [1.54, 1.807) is 48.5 Å². The Labute approximate surface area is 238 Å². The average molecular weight is 570 g/mol. The topological polar surface area (TPSA) is 125 Å². The van der Waals surface area contributed by atoms with Gasteiger partial charge in [-0.1, -0.05) is 61.5 Å². The van der Waals surface area contributed by atoms with Gasteiger partial charge in [0.1, 0.15) is 11.5 Å². The molecule has 1 aliphatic rings. The monoisotopic (exact) mass is 569 g/mol. The Balaban J connectivity index is 1.29. The third kappa shape index (κ3) is 5.63. The zero-order chi connectivity index (χ0) is 28.6. The minimum atomic E-state index is -3.99. The number of anilines is 1. The van der Waals surface area contributed by atoms with E-state index in [1.807, 2.05) is 24.3 Å². The van der Waals surface area contributed by atoms with Crippen LogP contribution in [0.1, 0.15) is 60.5 Å². The molecule has 0 spiro atoms.